The van der Waals surface area contributed by atoms with Crippen molar-refractivity contribution in [2.75, 3.05) is 11.6 Å². The molecule has 0 radical (unpaired) electrons. The maximum atomic E-state index is 11.5. The van der Waals surface area contributed by atoms with Gasteiger partial charge in [-0.15, -0.1) is 0 Å². The summed E-state index contributed by atoms with van der Waals surface area (Å²) in [5.74, 6) is 0. The summed E-state index contributed by atoms with van der Waals surface area (Å²) in [7, 11) is -3.52. The van der Waals surface area contributed by atoms with Crippen LogP contribution in [0.2, 0.25) is 0 Å². The van der Waals surface area contributed by atoms with Crippen LogP contribution in [0, 0.1) is 10.1 Å². The molecule has 0 bridgehead atoms. The summed E-state index contributed by atoms with van der Waals surface area (Å²) < 4.78 is 23.0. The summed E-state index contributed by atoms with van der Waals surface area (Å²) in [5, 5.41) is 23.4. The molecular formula is C15H16N2O5S. The molecule has 8 heteroatoms. The maximum absolute atomic E-state index is 11.5. The predicted molar refractivity (Wildman–Crippen MR) is 85.9 cm³/mol. The van der Waals surface area contributed by atoms with E-state index in [2.05, 4.69) is 5.32 Å². The highest BCUT2D eigenvalue weighted by molar-refractivity contribution is 7.90. The minimum atomic E-state index is -3.52. The fourth-order valence-electron chi connectivity index (χ4n) is 2.12. The van der Waals surface area contributed by atoms with Gasteiger partial charge in [0.2, 0.25) is 0 Å². The second-order valence-electron chi connectivity index (χ2n) is 4.99. The number of sulfone groups is 1. The number of hydrogen-bond acceptors (Lipinski definition) is 6. The van der Waals surface area contributed by atoms with Gasteiger partial charge in [0.05, 0.1) is 16.4 Å². The first-order valence-corrected chi connectivity index (χ1v) is 8.62. The Morgan fingerprint density at radius 3 is 2.39 bits per heavy atom. The van der Waals surface area contributed by atoms with Gasteiger partial charge in [0.1, 0.15) is 5.69 Å². The van der Waals surface area contributed by atoms with Crippen LogP contribution in [0.5, 0.6) is 0 Å². The van der Waals surface area contributed by atoms with Crippen molar-refractivity contribution in [3.63, 3.8) is 0 Å². The van der Waals surface area contributed by atoms with Crippen LogP contribution in [0.4, 0.5) is 11.4 Å². The van der Waals surface area contributed by atoms with Gasteiger partial charge in [-0.3, -0.25) is 10.1 Å². The molecule has 0 aliphatic carbocycles. The lowest BCUT2D eigenvalue weighted by atomic mass is 10.1. The monoisotopic (exact) mass is 336 g/mol. The van der Waals surface area contributed by atoms with Crippen molar-refractivity contribution < 1.29 is 18.4 Å². The van der Waals surface area contributed by atoms with E-state index >= 15 is 0 Å². The fraction of sp³-hybridized carbons (Fsp3) is 0.200. The van der Waals surface area contributed by atoms with E-state index in [1.165, 1.54) is 12.1 Å². The molecule has 0 unspecified atom stereocenters. The third-order valence-corrected chi connectivity index (χ3v) is 4.46. The van der Waals surface area contributed by atoms with Crippen LogP contribution in [-0.4, -0.2) is 24.7 Å². The van der Waals surface area contributed by atoms with Crippen LogP contribution in [0.25, 0.3) is 0 Å². The molecule has 2 N–H and O–H groups in total. The molecule has 0 aliphatic heterocycles. The predicted octanol–water partition coefficient (Wildman–Crippen LogP) is 2.10. The Labute approximate surface area is 133 Å². The van der Waals surface area contributed by atoms with Crippen LogP contribution in [0.3, 0.4) is 0 Å². The number of nitrogens with zero attached hydrogens (tertiary/aromatic N) is 1. The van der Waals surface area contributed by atoms with Gasteiger partial charge in [0.25, 0.3) is 5.69 Å². The largest absolute Gasteiger partial charge is 0.392 e. The third-order valence-electron chi connectivity index (χ3n) is 3.35. The molecule has 0 atom stereocenters. The summed E-state index contributed by atoms with van der Waals surface area (Å²) in [6, 6.07) is 10.9. The van der Waals surface area contributed by atoms with Crippen LogP contribution < -0.4 is 5.32 Å². The zero-order valence-corrected chi connectivity index (χ0v) is 13.2. The first-order valence-electron chi connectivity index (χ1n) is 6.73. The van der Waals surface area contributed by atoms with E-state index in [4.69, 9.17) is 0 Å². The standard InChI is InChI=1S/C15H16N2O5S/c1-23(21,22)13-6-7-14(15(8-13)17(19)20)16-9-11-4-2-3-5-12(11)10-18/h2-8,16,18H,9-10H2,1H3. The normalized spacial score (nSPS) is 11.2. The summed E-state index contributed by atoms with van der Waals surface area (Å²) in [6.45, 7) is 0.142. The van der Waals surface area contributed by atoms with E-state index in [1.54, 1.807) is 24.3 Å². The van der Waals surface area contributed by atoms with Gasteiger partial charge in [-0.05, 0) is 23.3 Å². The highest BCUT2D eigenvalue weighted by Gasteiger charge is 2.18. The Morgan fingerprint density at radius 2 is 1.83 bits per heavy atom. The summed E-state index contributed by atoms with van der Waals surface area (Å²) in [4.78, 5) is 10.4. The average Bonchev–Trinajstić information content (AvgIpc) is 2.52. The number of nitro benzene ring substituents is 1. The van der Waals surface area contributed by atoms with Gasteiger partial charge in [0.15, 0.2) is 9.84 Å². The van der Waals surface area contributed by atoms with Crippen molar-refractivity contribution >= 4 is 21.2 Å². The number of benzene rings is 2. The van der Waals surface area contributed by atoms with Crippen molar-refractivity contribution in [1.82, 2.24) is 0 Å². The lowest BCUT2D eigenvalue weighted by molar-refractivity contribution is -0.384. The topological polar surface area (TPSA) is 110 Å². The SMILES string of the molecule is CS(=O)(=O)c1ccc(NCc2ccccc2CO)c([N+](=O)[O-])c1. The number of aliphatic hydroxyl groups excluding tert-OH is 1. The zero-order chi connectivity index (χ0) is 17.0. The molecule has 7 nitrogen and oxygen atoms in total. The Morgan fingerprint density at radius 1 is 1.17 bits per heavy atom. The molecule has 2 aromatic carbocycles. The van der Waals surface area contributed by atoms with E-state index in [9.17, 15) is 23.6 Å². The number of anilines is 1. The molecule has 0 fully saturated rings. The van der Waals surface area contributed by atoms with Gasteiger partial charge in [0, 0.05) is 18.9 Å². The molecule has 0 aromatic heterocycles. The third kappa shape index (κ3) is 4.05. The number of aliphatic hydroxyl groups is 1. The van der Waals surface area contributed by atoms with Crippen molar-refractivity contribution in [3.05, 3.63) is 63.7 Å². The Kier molecular flexibility index (Phi) is 4.97. The van der Waals surface area contributed by atoms with Gasteiger partial charge >= 0.3 is 0 Å². The molecular weight excluding hydrogens is 320 g/mol. The molecule has 122 valence electrons. The van der Waals surface area contributed by atoms with Gasteiger partial charge in [-0.25, -0.2) is 8.42 Å². The summed E-state index contributed by atoms with van der Waals surface area (Å²) >= 11 is 0. The van der Waals surface area contributed by atoms with Crippen molar-refractivity contribution in [3.8, 4) is 0 Å². The van der Waals surface area contributed by atoms with E-state index < -0.39 is 14.8 Å². The minimum Gasteiger partial charge on any atom is -0.392 e. The van der Waals surface area contributed by atoms with Crippen molar-refractivity contribution in [2.45, 2.75) is 18.0 Å². The van der Waals surface area contributed by atoms with E-state index in [-0.39, 0.29) is 29.4 Å². The maximum Gasteiger partial charge on any atom is 0.293 e. The zero-order valence-electron chi connectivity index (χ0n) is 12.4. The average molecular weight is 336 g/mol. The minimum absolute atomic E-state index is 0.106. The van der Waals surface area contributed by atoms with E-state index in [0.29, 0.717) is 0 Å². The van der Waals surface area contributed by atoms with Crippen LogP contribution in [-0.2, 0) is 23.0 Å². The lowest BCUT2D eigenvalue weighted by Gasteiger charge is -2.11. The smallest absolute Gasteiger partial charge is 0.293 e. The number of hydrogen-bond donors (Lipinski definition) is 2. The molecule has 0 saturated heterocycles. The molecule has 2 rings (SSSR count). The highest BCUT2D eigenvalue weighted by Crippen LogP contribution is 2.28. The molecule has 0 amide bonds. The Hall–Kier alpha value is -2.45. The van der Waals surface area contributed by atoms with E-state index in [0.717, 1.165) is 23.4 Å². The van der Waals surface area contributed by atoms with Crippen molar-refractivity contribution in [2.24, 2.45) is 0 Å². The second kappa shape index (κ2) is 6.76. The Bertz CT molecular complexity index is 834. The van der Waals surface area contributed by atoms with Crippen LogP contribution in [0.1, 0.15) is 11.1 Å². The molecule has 0 heterocycles. The van der Waals surface area contributed by atoms with Crippen molar-refractivity contribution in [1.29, 1.82) is 0 Å². The van der Waals surface area contributed by atoms with Gasteiger partial charge in [-0.2, -0.15) is 0 Å². The van der Waals surface area contributed by atoms with Gasteiger partial charge < -0.3 is 10.4 Å². The highest BCUT2D eigenvalue weighted by atomic mass is 32.2. The van der Waals surface area contributed by atoms with E-state index in [1.807, 2.05) is 0 Å². The molecule has 0 saturated carbocycles. The quantitative estimate of drug-likeness (QED) is 0.617. The first kappa shape index (κ1) is 16.9. The molecule has 0 spiro atoms. The summed E-state index contributed by atoms with van der Waals surface area (Å²) in [5.41, 5.74) is 1.43. The number of rotatable bonds is 6. The second-order valence-corrected chi connectivity index (χ2v) is 7.00. The molecule has 0 aliphatic rings. The Balaban J connectivity index is 2.31. The summed E-state index contributed by atoms with van der Waals surface area (Å²) in [6.07, 6.45) is 0.997. The number of nitro groups is 1. The van der Waals surface area contributed by atoms with Gasteiger partial charge in [-0.1, -0.05) is 24.3 Å². The molecule has 23 heavy (non-hydrogen) atoms. The van der Waals surface area contributed by atoms with Crippen LogP contribution in [0.15, 0.2) is 47.4 Å². The lowest BCUT2D eigenvalue weighted by Crippen LogP contribution is -2.06. The van der Waals surface area contributed by atoms with Crippen LogP contribution >= 0.6 is 0 Å². The number of nitrogens with one attached hydrogen (secondary N) is 1. The fourth-order valence-corrected chi connectivity index (χ4v) is 2.76. The molecule has 2 aromatic rings. The first-order chi connectivity index (χ1) is 10.8.